The fraction of sp³-hybridized carbons (Fsp3) is 0.364. The molecule has 4 nitrogen and oxygen atoms in total. The predicted molar refractivity (Wildman–Crippen MR) is 66.2 cm³/mol. The third kappa shape index (κ3) is 4.08. The van der Waals surface area contributed by atoms with E-state index in [1.54, 1.807) is 31.4 Å². The highest BCUT2D eigenvalue weighted by atomic mass is 35.5. The average Bonchev–Trinajstić information content (AvgIpc) is 2.28. The molecule has 0 radical (unpaired) electrons. The van der Waals surface area contributed by atoms with Crippen LogP contribution in [0, 0.1) is 0 Å². The summed E-state index contributed by atoms with van der Waals surface area (Å²) in [5.41, 5.74) is 5.99. The first kappa shape index (κ1) is 14.7. The summed E-state index contributed by atoms with van der Waals surface area (Å²) < 4.78 is 5.03. The number of rotatable bonds is 4. The smallest absolute Gasteiger partial charge is 0.251 e. The van der Waals surface area contributed by atoms with Gasteiger partial charge in [0.25, 0.3) is 5.91 Å². The summed E-state index contributed by atoms with van der Waals surface area (Å²) in [6.07, 6.45) is 0. The van der Waals surface area contributed by atoms with Gasteiger partial charge < -0.3 is 15.8 Å². The Morgan fingerprint density at radius 3 is 2.81 bits per heavy atom. The molecule has 90 valence electrons. The first-order chi connectivity index (χ1) is 7.17. The monoisotopic (exact) mass is 244 g/mol. The minimum atomic E-state index is -0.133. The lowest BCUT2D eigenvalue weighted by Crippen LogP contribution is -2.37. The number of nitrogens with two attached hydrogens (primary N) is 1. The van der Waals surface area contributed by atoms with Crippen LogP contribution in [0.2, 0.25) is 0 Å². The summed E-state index contributed by atoms with van der Waals surface area (Å²) in [4.78, 5) is 11.7. The van der Waals surface area contributed by atoms with Crippen molar-refractivity contribution in [3.63, 3.8) is 0 Å². The fourth-order valence-corrected chi connectivity index (χ4v) is 1.13. The highest BCUT2D eigenvalue weighted by molar-refractivity contribution is 5.94. The third-order valence-electron chi connectivity index (χ3n) is 2.06. The van der Waals surface area contributed by atoms with Gasteiger partial charge in [0.15, 0.2) is 0 Å². The predicted octanol–water partition coefficient (Wildman–Crippen LogP) is 1.19. The van der Waals surface area contributed by atoms with Gasteiger partial charge in [0.05, 0.1) is 7.11 Å². The molecule has 0 aromatic heterocycles. The summed E-state index contributed by atoms with van der Waals surface area (Å²) in [7, 11) is 1.57. The summed E-state index contributed by atoms with van der Waals surface area (Å²) in [5, 5.41) is 2.78. The van der Waals surface area contributed by atoms with E-state index in [9.17, 15) is 4.79 Å². The molecule has 0 aliphatic heterocycles. The number of carbonyl (C=O) groups is 1. The summed E-state index contributed by atoms with van der Waals surface area (Å²) in [6.45, 7) is 2.29. The van der Waals surface area contributed by atoms with Gasteiger partial charge in [0.2, 0.25) is 0 Å². The Balaban J connectivity index is 0.00000225. The standard InChI is InChI=1S/C11H16N2O2.ClH/c1-8(7-12)13-11(14)9-4-3-5-10(6-9)15-2;/h3-6,8H,7,12H2,1-2H3,(H,13,14);1H/t8-;/m1./s1. The second kappa shape index (κ2) is 7.09. The number of hydrogen-bond donors (Lipinski definition) is 2. The lowest BCUT2D eigenvalue weighted by atomic mass is 10.2. The molecule has 0 aliphatic rings. The highest BCUT2D eigenvalue weighted by Crippen LogP contribution is 2.12. The van der Waals surface area contributed by atoms with E-state index in [0.29, 0.717) is 17.9 Å². The molecule has 1 aromatic rings. The van der Waals surface area contributed by atoms with E-state index in [2.05, 4.69) is 5.32 Å². The highest BCUT2D eigenvalue weighted by Gasteiger charge is 2.08. The number of carbonyl (C=O) groups excluding carboxylic acids is 1. The number of hydrogen-bond acceptors (Lipinski definition) is 3. The van der Waals surface area contributed by atoms with Crippen molar-refractivity contribution in [1.29, 1.82) is 0 Å². The van der Waals surface area contributed by atoms with E-state index < -0.39 is 0 Å². The van der Waals surface area contributed by atoms with Crippen LogP contribution in [-0.2, 0) is 0 Å². The molecule has 0 saturated carbocycles. The Morgan fingerprint density at radius 2 is 2.25 bits per heavy atom. The number of halogens is 1. The Morgan fingerprint density at radius 1 is 1.56 bits per heavy atom. The van der Waals surface area contributed by atoms with Crippen LogP contribution in [0.3, 0.4) is 0 Å². The van der Waals surface area contributed by atoms with Crippen molar-refractivity contribution < 1.29 is 9.53 Å². The third-order valence-corrected chi connectivity index (χ3v) is 2.06. The summed E-state index contributed by atoms with van der Waals surface area (Å²) >= 11 is 0. The van der Waals surface area contributed by atoms with Crippen molar-refractivity contribution in [2.45, 2.75) is 13.0 Å². The van der Waals surface area contributed by atoms with E-state index >= 15 is 0 Å². The van der Waals surface area contributed by atoms with Gasteiger partial charge in [0, 0.05) is 18.2 Å². The lowest BCUT2D eigenvalue weighted by Gasteiger charge is -2.11. The molecule has 5 heteroatoms. The Labute approximate surface area is 102 Å². The van der Waals surface area contributed by atoms with Gasteiger partial charge in [-0.1, -0.05) is 6.07 Å². The van der Waals surface area contributed by atoms with Crippen molar-refractivity contribution in [3.05, 3.63) is 29.8 Å². The maximum Gasteiger partial charge on any atom is 0.251 e. The van der Waals surface area contributed by atoms with Crippen LogP contribution in [-0.4, -0.2) is 25.6 Å². The minimum absolute atomic E-state index is 0. The molecule has 0 bridgehead atoms. The van der Waals surface area contributed by atoms with Crippen LogP contribution in [0.1, 0.15) is 17.3 Å². The fourth-order valence-electron chi connectivity index (χ4n) is 1.13. The molecule has 0 spiro atoms. The second-order valence-corrected chi connectivity index (χ2v) is 3.34. The first-order valence-electron chi connectivity index (χ1n) is 4.82. The molecule has 0 fully saturated rings. The number of methoxy groups -OCH3 is 1. The van der Waals surface area contributed by atoms with Gasteiger partial charge in [0.1, 0.15) is 5.75 Å². The van der Waals surface area contributed by atoms with Crippen molar-refractivity contribution in [2.24, 2.45) is 5.73 Å². The van der Waals surface area contributed by atoms with Crippen LogP contribution in [0.5, 0.6) is 5.75 Å². The van der Waals surface area contributed by atoms with Gasteiger partial charge in [-0.25, -0.2) is 0 Å². The van der Waals surface area contributed by atoms with Gasteiger partial charge in [-0.15, -0.1) is 12.4 Å². The van der Waals surface area contributed by atoms with Crippen LogP contribution < -0.4 is 15.8 Å². The zero-order chi connectivity index (χ0) is 11.3. The van der Waals surface area contributed by atoms with E-state index in [-0.39, 0.29) is 24.4 Å². The quantitative estimate of drug-likeness (QED) is 0.837. The Kier molecular flexibility index (Phi) is 6.53. The van der Waals surface area contributed by atoms with E-state index in [1.165, 1.54) is 0 Å². The molecule has 3 N–H and O–H groups in total. The van der Waals surface area contributed by atoms with Crippen molar-refractivity contribution >= 4 is 18.3 Å². The van der Waals surface area contributed by atoms with Crippen LogP contribution in [0.15, 0.2) is 24.3 Å². The van der Waals surface area contributed by atoms with Crippen LogP contribution in [0.4, 0.5) is 0 Å². The SMILES string of the molecule is COc1cccc(C(=O)N[C@H](C)CN)c1.Cl. The number of ether oxygens (including phenoxy) is 1. The molecular weight excluding hydrogens is 228 g/mol. The molecule has 0 saturated heterocycles. The summed E-state index contributed by atoms with van der Waals surface area (Å²) in [6, 6.07) is 6.98. The maximum atomic E-state index is 11.7. The Bertz CT molecular complexity index is 345. The molecular formula is C11H17ClN2O2. The minimum Gasteiger partial charge on any atom is -0.497 e. The van der Waals surface area contributed by atoms with Gasteiger partial charge in [-0.3, -0.25) is 4.79 Å². The maximum absolute atomic E-state index is 11.7. The topological polar surface area (TPSA) is 64.3 Å². The van der Waals surface area contributed by atoms with E-state index in [4.69, 9.17) is 10.5 Å². The molecule has 0 heterocycles. The zero-order valence-corrected chi connectivity index (χ0v) is 10.2. The van der Waals surface area contributed by atoms with Crippen LogP contribution in [0.25, 0.3) is 0 Å². The Hall–Kier alpha value is -1.26. The second-order valence-electron chi connectivity index (χ2n) is 3.34. The lowest BCUT2D eigenvalue weighted by molar-refractivity contribution is 0.0941. The molecule has 0 unspecified atom stereocenters. The van der Waals surface area contributed by atoms with E-state index in [1.807, 2.05) is 6.92 Å². The number of nitrogens with one attached hydrogen (secondary N) is 1. The molecule has 1 rings (SSSR count). The van der Waals surface area contributed by atoms with E-state index in [0.717, 1.165) is 0 Å². The van der Waals surface area contributed by atoms with Crippen molar-refractivity contribution in [3.8, 4) is 5.75 Å². The largest absolute Gasteiger partial charge is 0.497 e. The molecule has 1 atom stereocenters. The number of benzene rings is 1. The van der Waals surface area contributed by atoms with Gasteiger partial charge in [-0.05, 0) is 25.1 Å². The van der Waals surface area contributed by atoms with Crippen molar-refractivity contribution in [2.75, 3.05) is 13.7 Å². The average molecular weight is 245 g/mol. The normalized spacial score (nSPS) is 11.2. The molecule has 16 heavy (non-hydrogen) atoms. The molecule has 1 amide bonds. The first-order valence-corrected chi connectivity index (χ1v) is 4.82. The van der Waals surface area contributed by atoms with Gasteiger partial charge >= 0.3 is 0 Å². The van der Waals surface area contributed by atoms with Gasteiger partial charge in [-0.2, -0.15) is 0 Å². The zero-order valence-electron chi connectivity index (χ0n) is 9.40. The number of amides is 1. The molecule has 0 aliphatic carbocycles. The summed E-state index contributed by atoms with van der Waals surface area (Å²) in [5.74, 6) is 0.537. The molecule has 1 aromatic carbocycles. The van der Waals surface area contributed by atoms with Crippen molar-refractivity contribution in [1.82, 2.24) is 5.32 Å². The van der Waals surface area contributed by atoms with Crippen LogP contribution >= 0.6 is 12.4 Å².